The lowest BCUT2D eigenvalue weighted by atomic mass is 9.73. The Balaban J connectivity index is 1.42. The first-order valence-corrected chi connectivity index (χ1v) is 13.5. The molecule has 2 saturated heterocycles. The lowest BCUT2D eigenvalue weighted by Crippen LogP contribution is -2.58. The van der Waals surface area contributed by atoms with Crippen molar-refractivity contribution in [3.8, 4) is 0 Å². The third-order valence-electron chi connectivity index (χ3n) is 9.27. The number of aryl methyl sites for hydroxylation is 2. The average Bonchev–Trinajstić information content (AvgIpc) is 3.50. The number of ether oxygens (including phenoxy) is 2. The molecule has 1 spiro atoms. The van der Waals surface area contributed by atoms with E-state index in [1.807, 2.05) is 44.2 Å². The standard InChI is InChI=1S/C29H39N3O5/c1-16-9-10-20(15-18(16)3)30-26(33)23-22-11-12-29(37-22)24(23)28(35)32(13-14-36-5)25(29)27(34)31-21-8-6-7-17(2)19(21)4/h9-12,15,17,19,21-25H,6-8,13-14H2,1-5H3,(H,30,33)(H,31,34)/t17?,19?,21?,22-,23?,24-,25?,29?/m1/s1. The van der Waals surface area contributed by atoms with E-state index in [1.165, 1.54) is 0 Å². The molecule has 5 rings (SSSR count). The highest BCUT2D eigenvalue weighted by Gasteiger charge is 2.72. The van der Waals surface area contributed by atoms with Crippen molar-refractivity contribution < 1.29 is 23.9 Å². The van der Waals surface area contributed by atoms with Gasteiger partial charge in [0.25, 0.3) is 0 Å². The molecule has 200 valence electrons. The zero-order chi connectivity index (χ0) is 26.5. The first-order chi connectivity index (χ1) is 17.7. The summed E-state index contributed by atoms with van der Waals surface area (Å²) in [5.41, 5.74) is 1.74. The minimum absolute atomic E-state index is 0.0533. The number of nitrogens with zero attached hydrogens (tertiary/aromatic N) is 1. The maximum Gasteiger partial charge on any atom is 0.246 e. The van der Waals surface area contributed by atoms with Gasteiger partial charge < -0.3 is 25.0 Å². The van der Waals surface area contributed by atoms with Gasteiger partial charge in [0.2, 0.25) is 17.7 Å². The Morgan fingerprint density at radius 1 is 1.16 bits per heavy atom. The van der Waals surface area contributed by atoms with E-state index in [4.69, 9.17) is 9.47 Å². The van der Waals surface area contributed by atoms with Crippen molar-refractivity contribution in [2.75, 3.05) is 25.6 Å². The van der Waals surface area contributed by atoms with Crippen molar-refractivity contribution in [3.63, 3.8) is 0 Å². The highest BCUT2D eigenvalue weighted by atomic mass is 16.5. The summed E-state index contributed by atoms with van der Waals surface area (Å²) in [4.78, 5) is 42.9. The fourth-order valence-electron chi connectivity index (χ4n) is 6.79. The number of fused-ring (bicyclic) bond motifs is 1. The molecule has 3 fully saturated rings. The molecule has 3 aliphatic heterocycles. The van der Waals surface area contributed by atoms with Gasteiger partial charge in [-0.1, -0.05) is 44.9 Å². The van der Waals surface area contributed by atoms with E-state index < -0.39 is 29.6 Å². The number of nitrogens with one attached hydrogen (secondary N) is 2. The molecule has 1 aromatic rings. The van der Waals surface area contributed by atoms with Crippen LogP contribution >= 0.6 is 0 Å². The summed E-state index contributed by atoms with van der Waals surface area (Å²) in [6, 6.07) is 4.97. The summed E-state index contributed by atoms with van der Waals surface area (Å²) in [7, 11) is 1.57. The molecular weight excluding hydrogens is 470 g/mol. The third kappa shape index (κ3) is 4.28. The van der Waals surface area contributed by atoms with Crippen LogP contribution in [0.2, 0.25) is 0 Å². The number of likely N-dealkylation sites (tertiary alicyclic amines) is 1. The van der Waals surface area contributed by atoms with E-state index in [9.17, 15) is 14.4 Å². The summed E-state index contributed by atoms with van der Waals surface area (Å²) in [5.74, 6) is -1.30. The van der Waals surface area contributed by atoms with Gasteiger partial charge >= 0.3 is 0 Å². The van der Waals surface area contributed by atoms with Crippen LogP contribution in [0, 0.1) is 37.5 Å². The summed E-state index contributed by atoms with van der Waals surface area (Å²) in [6.45, 7) is 8.98. The van der Waals surface area contributed by atoms with Crippen molar-refractivity contribution in [2.45, 2.75) is 70.7 Å². The van der Waals surface area contributed by atoms with Gasteiger partial charge in [0.15, 0.2) is 0 Å². The van der Waals surface area contributed by atoms with E-state index in [2.05, 4.69) is 24.5 Å². The Morgan fingerprint density at radius 2 is 1.95 bits per heavy atom. The monoisotopic (exact) mass is 509 g/mol. The molecule has 37 heavy (non-hydrogen) atoms. The summed E-state index contributed by atoms with van der Waals surface area (Å²) in [6.07, 6.45) is 6.30. The summed E-state index contributed by atoms with van der Waals surface area (Å²) < 4.78 is 11.7. The van der Waals surface area contributed by atoms with Crippen LogP contribution in [-0.2, 0) is 23.9 Å². The predicted molar refractivity (Wildman–Crippen MR) is 140 cm³/mol. The van der Waals surface area contributed by atoms with E-state index >= 15 is 0 Å². The summed E-state index contributed by atoms with van der Waals surface area (Å²) in [5, 5.41) is 6.26. The van der Waals surface area contributed by atoms with E-state index in [-0.39, 0.29) is 30.3 Å². The molecule has 1 saturated carbocycles. The molecule has 0 radical (unpaired) electrons. The number of methoxy groups -OCH3 is 1. The molecule has 2 N–H and O–H groups in total. The number of hydrogen-bond acceptors (Lipinski definition) is 5. The average molecular weight is 510 g/mol. The van der Waals surface area contributed by atoms with Crippen LogP contribution in [0.3, 0.4) is 0 Å². The van der Waals surface area contributed by atoms with Crippen LogP contribution in [0.25, 0.3) is 0 Å². The van der Waals surface area contributed by atoms with Crippen LogP contribution in [0.1, 0.15) is 44.2 Å². The Hall–Kier alpha value is -2.71. The molecule has 4 aliphatic rings. The number of anilines is 1. The molecule has 3 heterocycles. The third-order valence-corrected chi connectivity index (χ3v) is 9.27. The number of hydrogen-bond donors (Lipinski definition) is 2. The molecule has 6 unspecified atom stereocenters. The van der Waals surface area contributed by atoms with Gasteiger partial charge in [-0.25, -0.2) is 0 Å². The van der Waals surface area contributed by atoms with E-state index in [0.717, 1.165) is 30.4 Å². The number of carbonyl (C=O) groups is 3. The number of benzene rings is 1. The van der Waals surface area contributed by atoms with Crippen molar-refractivity contribution in [1.82, 2.24) is 10.2 Å². The van der Waals surface area contributed by atoms with Crippen LogP contribution in [-0.4, -0.2) is 66.7 Å². The van der Waals surface area contributed by atoms with Crippen LogP contribution in [0.5, 0.6) is 0 Å². The molecule has 1 aliphatic carbocycles. The van der Waals surface area contributed by atoms with Gasteiger partial charge in [0.1, 0.15) is 11.6 Å². The van der Waals surface area contributed by atoms with Crippen LogP contribution in [0.15, 0.2) is 30.4 Å². The molecule has 8 nitrogen and oxygen atoms in total. The molecular formula is C29H39N3O5. The second kappa shape index (κ2) is 9.87. The van der Waals surface area contributed by atoms with E-state index in [0.29, 0.717) is 24.1 Å². The minimum Gasteiger partial charge on any atom is -0.383 e. The maximum atomic E-state index is 13.9. The van der Waals surface area contributed by atoms with Crippen molar-refractivity contribution >= 4 is 23.4 Å². The lowest BCUT2D eigenvalue weighted by Gasteiger charge is -2.38. The number of amides is 3. The fourth-order valence-corrected chi connectivity index (χ4v) is 6.79. The van der Waals surface area contributed by atoms with Gasteiger partial charge in [-0.3, -0.25) is 14.4 Å². The predicted octanol–water partition coefficient (Wildman–Crippen LogP) is 2.98. The topological polar surface area (TPSA) is 97.0 Å². The second-order valence-corrected chi connectivity index (χ2v) is 11.4. The highest BCUT2D eigenvalue weighted by Crippen LogP contribution is 2.55. The Labute approximate surface area is 219 Å². The zero-order valence-electron chi connectivity index (χ0n) is 22.5. The molecule has 1 aromatic carbocycles. The van der Waals surface area contributed by atoms with Crippen LogP contribution < -0.4 is 10.6 Å². The Bertz CT molecular complexity index is 1120. The van der Waals surface area contributed by atoms with E-state index in [1.54, 1.807) is 12.0 Å². The first-order valence-electron chi connectivity index (χ1n) is 13.5. The lowest BCUT2D eigenvalue weighted by molar-refractivity contribution is -0.142. The van der Waals surface area contributed by atoms with Gasteiger partial charge in [-0.15, -0.1) is 0 Å². The number of rotatable bonds is 7. The van der Waals surface area contributed by atoms with Crippen LogP contribution in [0.4, 0.5) is 5.69 Å². The molecule has 0 aromatic heterocycles. The normalized spacial score (nSPS) is 36.1. The number of carbonyl (C=O) groups excluding carboxylic acids is 3. The quantitative estimate of drug-likeness (QED) is 0.551. The SMILES string of the molecule is COCCN1C(=O)[C@H]2C(C(=O)Nc3ccc(C)c(C)c3)[C@H]3C=CC2(O3)C1C(=O)NC1CCCC(C)C1C. The Morgan fingerprint density at radius 3 is 2.68 bits per heavy atom. The van der Waals surface area contributed by atoms with Gasteiger partial charge in [0, 0.05) is 25.4 Å². The van der Waals surface area contributed by atoms with Crippen molar-refractivity contribution in [1.29, 1.82) is 0 Å². The van der Waals surface area contributed by atoms with Crippen molar-refractivity contribution in [3.05, 3.63) is 41.5 Å². The second-order valence-electron chi connectivity index (χ2n) is 11.4. The fraction of sp³-hybridized carbons (Fsp3) is 0.621. The maximum absolute atomic E-state index is 13.9. The molecule has 3 amide bonds. The zero-order valence-corrected chi connectivity index (χ0v) is 22.5. The van der Waals surface area contributed by atoms with Crippen molar-refractivity contribution in [2.24, 2.45) is 23.7 Å². The molecule has 2 bridgehead atoms. The smallest absolute Gasteiger partial charge is 0.246 e. The highest BCUT2D eigenvalue weighted by molar-refractivity contribution is 6.02. The van der Waals surface area contributed by atoms with Gasteiger partial charge in [-0.05, 0) is 55.4 Å². The summed E-state index contributed by atoms with van der Waals surface area (Å²) >= 11 is 0. The largest absolute Gasteiger partial charge is 0.383 e. The van der Waals surface area contributed by atoms with Gasteiger partial charge in [-0.2, -0.15) is 0 Å². The molecule has 8 heteroatoms. The minimum atomic E-state index is -1.16. The van der Waals surface area contributed by atoms with Gasteiger partial charge in [0.05, 0.1) is 24.5 Å². The Kier molecular flexibility index (Phi) is 6.92. The molecule has 8 atom stereocenters. The first kappa shape index (κ1) is 25.9.